The van der Waals surface area contributed by atoms with Crippen LogP contribution in [0.3, 0.4) is 0 Å². The van der Waals surface area contributed by atoms with Gasteiger partial charge in [0.05, 0.1) is 5.92 Å². The van der Waals surface area contributed by atoms with E-state index >= 15 is 0 Å². The van der Waals surface area contributed by atoms with Gasteiger partial charge < -0.3 is 14.4 Å². The highest BCUT2D eigenvalue weighted by molar-refractivity contribution is 5.83. The van der Waals surface area contributed by atoms with Crippen molar-refractivity contribution in [2.75, 3.05) is 27.2 Å². The van der Waals surface area contributed by atoms with Crippen LogP contribution in [0, 0.1) is 5.92 Å². The molecule has 0 radical (unpaired) electrons. The van der Waals surface area contributed by atoms with Gasteiger partial charge >= 0.3 is 5.63 Å². The lowest BCUT2D eigenvalue weighted by molar-refractivity contribution is -0.134. The number of aromatic hydroxyl groups is 1. The molecule has 3 rings (SSSR count). The number of piperidine rings is 1. The van der Waals surface area contributed by atoms with Crippen molar-refractivity contribution in [2.45, 2.75) is 32.7 Å². The minimum absolute atomic E-state index is 0.000355. The van der Waals surface area contributed by atoms with Crippen LogP contribution < -0.4 is 5.63 Å². The summed E-state index contributed by atoms with van der Waals surface area (Å²) in [6, 6.07) is 4.94. The van der Waals surface area contributed by atoms with Gasteiger partial charge in [-0.05, 0) is 43.0 Å². The number of likely N-dealkylation sites (tertiary alicyclic amines) is 1. The molecule has 1 unspecified atom stereocenters. The van der Waals surface area contributed by atoms with E-state index in [0.29, 0.717) is 25.1 Å². The molecule has 1 aliphatic rings. The fraction of sp³-hybridized carbons (Fsp3) is 0.500. The maximum atomic E-state index is 12.3. The molecule has 2 aromatic rings. The van der Waals surface area contributed by atoms with E-state index in [4.69, 9.17) is 4.42 Å². The van der Waals surface area contributed by atoms with E-state index in [-0.39, 0.29) is 17.6 Å². The number of carbonyl (C=O) groups is 1. The third-order valence-electron chi connectivity index (χ3n) is 5.10. The van der Waals surface area contributed by atoms with E-state index < -0.39 is 5.63 Å². The van der Waals surface area contributed by atoms with Crippen LogP contribution in [0.15, 0.2) is 27.4 Å². The third kappa shape index (κ3) is 3.75. The molecule has 140 valence electrons. The Morgan fingerprint density at radius 1 is 1.31 bits per heavy atom. The van der Waals surface area contributed by atoms with Crippen molar-refractivity contribution >= 4 is 16.9 Å². The third-order valence-corrected chi connectivity index (χ3v) is 5.10. The molecule has 2 heterocycles. The summed E-state index contributed by atoms with van der Waals surface area (Å²) in [5.41, 5.74) is 1.69. The first-order valence-electron chi connectivity index (χ1n) is 9.11. The van der Waals surface area contributed by atoms with Gasteiger partial charge in [-0.2, -0.15) is 0 Å². The van der Waals surface area contributed by atoms with E-state index in [1.54, 1.807) is 19.0 Å². The van der Waals surface area contributed by atoms with E-state index in [9.17, 15) is 14.7 Å². The number of benzene rings is 1. The summed E-state index contributed by atoms with van der Waals surface area (Å²) >= 11 is 0. The number of aryl methyl sites for hydroxylation is 1. The van der Waals surface area contributed by atoms with Crippen molar-refractivity contribution in [3.63, 3.8) is 0 Å². The SMILES string of the molecule is CCc1cc2c(CN3CCCC(C(=O)N(C)C)C3)cc(=O)oc2cc1O. The van der Waals surface area contributed by atoms with Crippen LogP contribution in [0.5, 0.6) is 5.75 Å². The topological polar surface area (TPSA) is 74.0 Å². The van der Waals surface area contributed by atoms with Crippen LogP contribution in [-0.4, -0.2) is 48.0 Å². The molecule has 1 aromatic carbocycles. The fourth-order valence-corrected chi connectivity index (χ4v) is 3.73. The normalized spacial score (nSPS) is 18.2. The lowest BCUT2D eigenvalue weighted by atomic mass is 9.96. The highest BCUT2D eigenvalue weighted by Crippen LogP contribution is 2.28. The molecule has 1 aliphatic heterocycles. The Bertz CT molecular complexity index is 872. The van der Waals surface area contributed by atoms with Crippen molar-refractivity contribution in [1.82, 2.24) is 9.80 Å². The first-order valence-corrected chi connectivity index (χ1v) is 9.11. The van der Waals surface area contributed by atoms with Gasteiger partial charge in [-0.15, -0.1) is 0 Å². The van der Waals surface area contributed by atoms with Crippen molar-refractivity contribution in [2.24, 2.45) is 5.92 Å². The molecule has 26 heavy (non-hydrogen) atoms. The second-order valence-corrected chi connectivity index (χ2v) is 7.23. The molecule has 0 saturated carbocycles. The minimum Gasteiger partial charge on any atom is -0.508 e. The van der Waals surface area contributed by atoms with Crippen LogP contribution in [0.25, 0.3) is 11.0 Å². The van der Waals surface area contributed by atoms with Crippen molar-refractivity contribution in [1.29, 1.82) is 0 Å². The molecule has 1 fully saturated rings. The predicted octanol–water partition coefficient (Wildman–Crippen LogP) is 2.36. The van der Waals surface area contributed by atoms with Gasteiger partial charge in [0.2, 0.25) is 5.91 Å². The Morgan fingerprint density at radius 3 is 2.77 bits per heavy atom. The zero-order valence-electron chi connectivity index (χ0n) is 15.6. The highest BCUT2D eigenvalue weighted by Gasteiger charge is 2.27. The highest BCUT2D eigenvalue weighted by atomic mass is 16.4. The number of phenols is 1. The monoisotopic (exact) mass is 358 g/mol. The van der Waals surface area contributed by atoms with Crippen LogP contribution in [0.4, 0.5) is 0 Å². The fourth-order valence-electron chi connectivity index (χ4n) is 3.73. The number of fused-ring (bicyclic) bond motifs is 1. The lowest BCUT2D eigenvalue weighted by Gasteiger charge is -2.33. The molecule has 0 bridgehead atoms. The van der Waals surface area contributed by atoms with Crippen molar-refractivity contribution in [3.8, 4) is 5.75 Å². The van der Waals surface area contributed by atoms with Gasteiger partial charge in [-0.3, -0.25) is 9.69 Å². The molecule has 1 N–H and O–H groups in total. The largest absolute Gasteiger partial charge is 0.508 e. The number of hydrogen-bond acceptors (Lipinski definition) is 5. The van der Waals surface area contributed by atoms with Gasteiger partial charge in [-0.25, -0.2) is 4.79 Å². The van der Waals surface area contributed by atoms with Gasteiger partial charge in [0, 0.05) is 44.7 Å². The van der Waals surface area contributed by atoms with Crippen LogP contribution in [0.2, 0.25) is 0 Å². The summed E-state index contributed by atoms with van der Waals surface area (Å²) in [6.07, 6.45) is 2.56. The molecule has 1 atom stereocenters. The quantitative estimate of drug-likeness (QED) is 0.850. The first kappa shape index (κ1) is 18.5. The van der Waals surface area contributed by atoms with Gasteiger partial charge in [0.1, 0.15) is 11.3 Å². The van der Waals surface area contributed by atoms with Crippen LogP contribution >= 0.6 is 0 Å². The smallest absolute Gasteiger partial charge is 0.336 e. The Balaban J connectivity index is 1.90. The predicted molar refractivity (Wildman–Crippen MR) is 100 cm³/mol. The van der Waals surface area contributed by atoms with Crippen LogP contribution in [0.1, 0.15) is 30.9 Å². The second kappa shape index (κ2) is 7.50. The van der Waals surface area contributed by atoms with Gasteiger partial charge in [0.25, 0.3) is 0 Å². The average molecular weight is 358 g/mol. The molecule has 0 aliphatic carbocycles. The molecular weight excluding hydrogens is 332 g/mol. The molecule has 0 spiro atoms. The van der Waals surface area contributed by atoms with Gasteiger partial charge in [0.15, 0.2) is 0 Å². The number of hydrogen-bond donors (Lipinski definition) is 1. The Labute approximate surface area is 153 Å². The number of nitrogens with zero attached hydrogens (tertiary/aromatic N) is 2. The van der Waals surface area contributed by atoms with Crippen molar-refractivity contribution < 1.29 is 14.3 Å². The molecule has 1 amide bonds. The number of amides is 1. The van der Waals surface area contributed by atoms with Crippen molar-refractivity contribution in [3.05, 3.63) is 39.7 Å². The standard InChI is InChI=1S/C20H26N2O4/c1-4-13-8-16-15(9-19(24)26-18(16)10-17(13)23)12-22-7-5-6-14(11-22)20(25)21(2)3/h8-10,14,23H,4-7,11-12H2,1-3H3. The Morgan fingerprint density at radius 2 is 2.08 bits per heavy atom. The number of carbonyl (C=O) groups excluding carboxylic acids is 1. The summed E-state index contributed by atoms with van der Waals surface area (Å²) < 4.78 is 5.27. The zero-order chi connectivity index (χ0) is 18.8. The zero-order valence-corrected chi connectivity index (χ0v) is 15.6. The van der Waals surface area contributed by atoms with E-state index in [1.165, 1.54) is 12.1 Å². The summed E-state index contributed by atoms with van der Waals surface area (Å²) in [5.74, 6) is 0.306. The number of phenolic OH excluding ortho intramolecular Hbond substituents is 1. The molecule has 1 aromatic heterocycles. The molecule has 1 saturated heterocycles. The average Bonchev–Trinajstić information content (AvgIpc) is 2.60. The van der Waals surface area contributed by atoms with Crippen LogP contribution in [-0.2, 0) is 17.8 Å². The lowest BCUT2D eigenvalue weighted by Crippen LogP contribution is -2.42. The maximum absolute atomic E-state index is 12.3. The van der Waals surface area contributed by atoms with E-state index in [0.717, 1.165) is 35.9 Å². The summed E-state index contributed by atoms with van der Waals surface area (Å²) in [4.78, 5) is 28.1. The molecule has 6 nitrogen and oxygen atoms in total. The Hall–Kier alpha value is -2.34. The maximum Gasteiger partial charge on any atom is 0.336 e. The first-order chi connectivity index (χ1) is 12.4. The summed E-state index contributed by atoms with van der Waals surface area (Å²) in [6.45, 7) is 4.16. The van der Waals surface area contributed by atoms with E-state index in [1.807, 2.05) is 13.0 Å². The number of rotatable bonds is 4. The summed E-state index contributed by atoms with van der Waals surface area (Å²) in [5, 5.41) is 10.9. The molecule has 6 heteroatoms. The second-order valence-electron chi connectivity index (χ2n) is 7.23. The van der Waals surface area contributed by atoms with Gasteiger partial charge in [-0.1, -0.05) is 6.92 Å². The van der Waals surface area contributed by atoms with E-state index in [2.05, 4.69) is 4.90 Å². The molecular formula is C20H26N2O4. The minimum atomic E-state index is -0.422. The Kier molecular flexibility index (Phi) is 5.32. The summed E-state index contributed by atoms with van der Waals surface area (Å²) in [7, 11) is 3.58.